The first-order chi connectivity index (χ1) is 16.3. The van der Waals surface area contributed by atoms with E-state index in [1.54, 1.807) is 31.2 Å². The number of aryl methyl sites for hydroxylation is 1. The Kier molecular flexibility index (Phi) is 6.79. The first kappa shape index (κ1) is 23.3. The van der Waals surface area contributed by atoms with Gasteiger partial charge in [0.05, 0.1) is 11.6 Å². The molecule has 0 saturated heterocycles. The molecule has 0 aliphatic rings. The lowest BCUT2D eigenvalue weighted by Crippen LogP contribution is -2.40. The number of hydrogen-bond donors (Lipinski definition) is 3. The second-order valence-electron chi connectivity index (χ2n) is 7.88. The third-order valence-corrected chi connectivity index (χ3v) is 5.95. The largest absolute Gasteiger partial charge is 0.341 e. The maximum atomic E-state index is 13.2. The number of fused-ring (bicyclic) bond motifs is 1. The highest BCUT2D eigenvalue weighted by Crippen LogP contribution is 2.24. The Balaban J connectivity index is 1.60. The molecule has 4 rings (SSSR count). The average Bonchev–Trinajstić information content (AvgIpc) is 3.18. The number of rotatable bonds is 5. The summed E-state index contributed by atoms with van der Waals surface area (Å²) in [6.07, 6.45) is 0. The molecule has 0 spiro atoms. The summed E-state index contributed by atoms with van der Waals surface area (Å²) in [5.41, 5.74) is 5.78. The molecule has 1 atom stereocenters. The van der Waals surface area contributed by atoms with E-state index in [-0.39, 0.29) is 11.7 Å². The number of amides is 3. The Bertz CT molecular complexity index is 1380. The lowest BCUT2D eigenvalue weighted by molar-refractivity contribution is -0.137. The van der Waals surface area contributed by atoms with Crippen molar-refractivity contribution in [3.05, 3.63) is 100 Å². The number of benzene rings is 3. The first-order valence-corrected chi connectivity index (χ1v) is 11.5. The summed E-state index contributed by atoms with van der Waals surface area (Å²) in [6, 6.07) is 23.4. The van der Waals surface area contributed by atoms with Crippen molar-refractivity contribution in [2.45, 2.75) is 19.9 Å². The summed E-state index contributed by atoms with van der Waals surface area (Å²) in [5.74, 6) is -2.10. The average molecular weight is 519 g/mol. The van der Waals surface area contributed by atoms with E-state index < -0.39 is 17.7 Å². The topological polar surface area (TPSA) is 92.2 Å². The summed E-state index contributed by atoms with van der Waals surface area (Å²) in [6.45, 7) is 3.69. The maximum Gasteiger partial charge on any atom is 0.328 e. The van der Waals surface area contributed by atoms with Gasteiger partial charge >= 0.3 is 11.8 Å². The van der Waals surface area contributed by atoms with E-state index in [0.717, 1.165) is 21.0 Å². The minimum absolute atomic E-state index is 0.189. The van der Waals surface area contributed by atoms with Crippen LogP contribution < -0.4 is 16.1 Å². The molecule has 34 heavy (non-hydrogen) atoms. The van der Waals surface area contributed by atoms with Gasteiger partial charge in [0.2, 0.25) is 0 Å². The number of anilines is 1. The van der Waals surface area contributed by atoms with Crippen molar-refractivity contribution in [3.8, 4) is 0 Å². The van der Waals surface area contributed by atoms with Crippen LogP contribution in [0, 0.1) is 6.92 Å². The highest BCUT2D eigenvalue weighted by atomic mass is 79.9. The summed E-state index contributed by atoms with van der Waals surface area (Å²) < 4.78 is 2.16. The normalized spacial score (nSPS) is 11.6. The molecule has 0 fully saturated rings. The van der Waals surface area contributed by atoms with Crippen molar-refractivity contribution in [2.24, 2.45) is 0 Å². The van der Waals surface area contributed by atoms with E-state index in [1.165, 1.54) is 4.68 Å². The molecule has 7 nitrogen and oxygen atoms in total. The van der Waals surface area contributed by atoms with Crippen LogP contribution in [0.2, 0.25) is 0 Å². The molecule has 0 bridgehead atoms. The predicted octanol–water partition coefficient (Wildman–Crippen LogP) is 4.91. The van der Waals surface area contributed by atoms with Crippen LogP contribution in [0.4, 0.5) is 5.69 Å². The molecular weight excluding hydrogens is 496 g/mol. The summed E-state index contributed by atoms with van der Waals surface area (Å²) in [5, 5.41) is 6.29. The zero-order valence-electron chi connectivity index (χ0n) is 18.6. The zero-order chi connectivity index (χ0) is 24.2. The van der Waals surface area contributed by atoms with Crippen molar-refractivity contribution >= 4 is 50.2 Å². The van der Waals surface area contributed by atoms with Crippen LogP contribution in [0.3, 0.4) is 0 Å². The van der Waals surface area contributed by atoms with Crippen LogP contribution in [0.25, 0.3) is 10.9 Å². The van der Waals surface area contributed by atoms with Crippen molar-refractivity contribution in [1.29, 1.82) is 0 Å². The van der Waals surface area contributed by atoms with Gasteiger partial charge in [-0.1, -0.05) is 64.5 Å². The third-order valence-electron chi connectivity index (χ3n) is 5.46. The van der Waals surface area contributed by atoms with Crippen LogP contribution in [-0.4, -0.2) is 22.4 Å². The van der Waals surface area contributed by atoms with Gasteiger partial charge in [0.1, 0.15) is 5.69 Å². The quantitative estimate of drug-likeness (QED) is 0.327. The number of nitrogens with one attached hydrogen (secondary N) is 3. The van der Waals surface area contributed by atoms with Crippen molar-refractivity contribution < 1.29 is 14.4 Å². The van der Waals surface area contributed by atoms with Gasteiger partial charge in [0.15, 0.2) is 0 Å². The van der Waals surface area contributed by atoms with Gasteiger partial charge in [-0.25, -0.2) is 4.68 Å². The van der Waals surface area contributed by atoms with Gasteiger partial charge < -0.3 is 10.6 Å². The Morgan fingerprint density at radius 2 is 1.59 bits per heavy atom. The van der Waals surface area contributed by atoms with Crippen LogP contribution in [-0.2, 0) is 9.59 Å². The van der Waals surface area contributed by atoms with Crippen LogP contribution >= 0.6 is 15.9 Å². The zero-order valence-corrected chi connectivity index (χ0v) is 20.2. The second-order valence-corrected chi connectivity index (χ2v) is 8.80. The van der Waals surface area contributed by atoms with Gasteiger partial charge in [-0.3, -0.25) is 19.8 Å². The van der Waals surface area contributed by atoms with Crippen LogP contribution in [0.1, 0.15) is 34.6 Å². The molecule has 0 unspecified atom stereocenters. The SMILES string of the molecule is Cc1ccccc1NC(=O)c1cc2cc(Br)ccc2n1NC(=O)C(=O)N[C@@H](C)c1ccccc1. The minimum Gasteiger partial charge on any atom is -0.341 e. The molecule has 1 heterocycles. The molecule has 0 saturated carbocycles. The van der Waals surface area contributed by atoms with Crippen molar-refractivity contribution in [3.63, 3.8) is 0 Å². The Morgan fingerprint density at radius 3 is 2.32 bits per heavy atom. The van der Waals surface area contributed by atoms with E-state index in [0.29, 0.717) is 11.2 Å². The lowest BCUT2D eigenvalue weighted by atomic mass is 10.1. The molecule has 0 radical (unpaired) electrons. The van der Waals surface area contributed by atoms with E-state index in [1.807, 2.05) is 61.5 Å². The maximum absolute atomic E-state index is 13.2. The molecule has 3 N–H and O–H groups in total. The summed E-state index contributed by atoms with van der Waals surface area (Å²) >= 11 is 3.43. The van der Waals surface area contributed by atoms with E-state index in [4.69, 9.17) is 0 Å². The molecule has 0 aliphatic carbocycles. The van der Waals surface area contributed by atoms with Crippen LogP contribution in [0.5, 0.6) is 0 Å². The predicted molar refractivity (Wildman–Crippen MR) is 136 cm³/mol. The molecule has 3 amide bonds. The monoisotopic (exact) mass is 518 g/mol. The molecule has 8 heteroatoms. The van der Waals surface area contributed by atoms with E-state index in [9.17, 15) is 14.4 Å². The van der Waals surface area contributed by atoms with Gasteiger partial charge in [-0.15, -0.1) is 0 Å². The highest BCUT2D eigenvalue weighted by molar-refractivity contribution is 9.10. The van der Waals surface area contributed by atoms with Gasteiger partial charge in [-0.2, -0.15) is 0 Å². The minimum atomic E-state index is -0.881. The fourth-order valence-corrected chi connectivity index (χ4v) is 3.99. The fraction of sp³-hybridized carbons (Fsp3) is 0.115. The number of hydrogen-bond acceptors (Lipinski definition) is 3. The smallest absolute Gasteiger partial charge is 0.328 e. The second kappa shape index (κ2) is 9.93. The lowest BCUT2D eigenvalue weighted by Gasteiger charge is -2.16. The number of carbonyl (C=O) groups excluding carboxylic acids is 3. The number of aromatic nitrogens is 1. The van der Waals surface area contributed by atoms with E-state index in [2.05, 4.69) is 32.0 Å². The van der Waals surface area contributed by atoms with Gasteiger partial charge in [0, 0.05) is 15.5 Å². The molecule has 172 valence electrons. The Labute approximate surface area is 205 Å². The number of carbonyl (C=O) groups is 3. The number of nitrogens with zero attached hydrogens (tertiary/aromatic N) is 1. The summed E-state index contributed by atoms with van der Waals surface area (Å²) in [7, 11) is 0. The molecule has 3 aromatic carbocycles. The summed E-state index contributed by atoms with van der Waals surface area (Å²) in [4.78, 5) is 38.6. The molecule has 1 aromatic heterocycles. The Hall–Kier alpha value is -3.91. The number of halogens is 1. The highest BCUT2D eigenvalue weighted by Gasteiger charge is 2.22. The number of para-hydroxylation sites is 1. The molecule has 0 aliphatic heterocycles. The first-order valence-electron chi connectivity index (χ1n) is 10.7. The standard InChI is InChI=1S/C26H23BrN4O3/c1-16-8-6-7-11-21(16)29-24(32)23-15-19-14-20(27)12-13-22(19)31(23)30-26(34)25(33)28-17(2)18-9-4-3-5-10-18/h3-15,17H,1-2H3,(H,28,33)(H,29,32)(H,30,34)/t17-/m0/s1. The molecule has 4 aromatic rings. The van der Waals surface area contributed by atoms with E-state index >= 15 is 0 Å². The Morgan fingerprint density at radius 1 is 0.882 bits per heavy atom. The molecular formula is C26H23BrN4O3. The van der Waals surface area contributed by atoms with Gasteiger partial charge in [-0.05, 0) is 55.3 Å². The van der Waals surface area contributed by atoms with Crippen molar-refractivity contribution in [2.75, 3.05) is 10.7 Å². The third kappa shape index (κ3) is 5.02. The fourth-order valence-electron chi connectivity index (χ4n) is 3.61. The van der Waals surface area contributed by atoms with Crippen LogP contribution in [0.15, 0.2) is 83.3 Å². The van der Waals surface area contributed by atoms with Crippen molar-refractivity contribution in [1.82, 2.24) is 9.99 Å². The van der Waals surface area contributed by atoms with Gasteiger partial charge in [0.25, 0.3) is 5.91 Å².